The Morgan fingerprint density at radius 2 is 2.20 bits per heavy atom. The quantitative estimate of drug-likeness (QED) is 0.817. The molecular formula is C13H13F3N2O2. The van der Waals surface area contributed by atoms with E-state index in [1.807, 2.05) is 6.92 Å². The smallest absolute Gasteiger partial charge is 0.433 e. The lowest BCUT2D eigenvalue weighted by atomic mass is 10.1. The number of aromatic carboxylic acids is 1. The fraction of sp³-hybridized carbons (Fsp3) is 0.385. The number of carboxylic acid groups (broad SMARTS) is 1. The first kappa shape index (κ1) is 15.8. The number of hydrogen-bond acceptors (Lipinski definition) is 3. The van der Waals surface area contributed by atoms with Crippen LogP contribution in [-0.4, -0.2) is 22.1 Å². The second-order valence-electron chi connectivity index (χ2n) is 4.05. The van der Waals surface area contributed by atoms with Crippen molar-refractivity contribution in [1.82, 2.24) is 4.98 Å². The molecule has 0 amide bonds. The molecule has 1 unspecified atom stereocenters. The van der Waals surface area contributed by atoms with E-state index in [4.69, 9.17) is 11.5 Å². The van der Waals surface area contributed by atoms with Gasteiger partial charge in [0.25, 0.3) is 0 Å². The zero-order chi connectivity index (χ0) is 15.3. The van der Waals surface area contributed by atoms with E-state index in [1.54, 1.807) is 0 Å². The molecule has 0 saturated heterocycles. The van der Waals surface area contributed by atoms with Gasteiger partial charge in [0.1, 0.15) is 17.1 Å². The zero-order valence-electron chi connectivity index (χ0n) is 10.7. The van der Waals surface area contributed by atoms with Crippen LogP contribution in [0.15, 0.2) is 12.1 Å². The number of rotatable bonds is 5. The van der Waals surface area contributed by atoms with Crippen molar-refractivity contribution >= 4 is 11.8 Å². The van der Waals surface area contributed by atoms with Crippen molar-refractivity contribution in [3.63, 3.8) is 0 Å². The van der Waals surface area contributed by atoms with E-state index in [-0.39, 0.29) is 11.4 Å². The van der Waals surface area contributed by atoms with Gasteiger partial charge in [-0.15, -0.1) is 6.42 Å². The lowest BCUT2D eigenvalue weighted by molar-refractivity contribution is -0.141. The van der Waals surface area contributed by atoms with E-state index < -0.39 is 23.9 Å². The molecular weight excluding hydrogens is 273 g/mol. The summed E-state index contributed by atoms with van der Waals surface area (Å²) in [6, 6.07) is 0.911. The number of anilines is 1. The number of halogens is 3. The highest BCUT2D eigenvalue weighted by Gasteiger charge is 2.33. The van der Waals surface area contributed by atoms with Crippen LogP contribution >= 0.6 is 0 Å². The van der Waals surface area contributed by atoms with Gasteiger partial charge < -0.3 is 10.4 Å². The number of nitrogens with zero attached hydrogens (tertiary/aromatic N) is 1. The molecule has 0 fully saturated rings. The van der Waals surface area contributed by atoms with Crippen LogP contribution in [0.4, 0.5) is 19.0 Å². The van der Waals surface area contributed by atoms with Gasteiger partial charge in [-0.25, -0.2) is 9.78 Å². The minimum Gasteiger partial charge on any atom is -0.478 e. The van der Waals surface area contributed by atoms with Crippen LogP contribution in [0.1, 0.15) is 35.8 Å². The molecule has 1 atom stereocenters. The monoisotopic (exact) mass is 286 g/mol. The Balaban J connectivity index is 3.19. The number of pyridine rings is 1. The highest BCUT2D eigenvalue weighted by molar-refractivity contribution is 5.93. The van der Waals surface area contributed by atoms with E-state index in [9.17, 15) is 18.0 Å². The molecule has 1 aromatic rings. The Morgan fingerprint density at radius 1 is 1.55 bits per heavy atom. The molecule has 1 aromatic heterocycles. The standard InChI is InChI=1S/C13H13F3N2O2/c1-3-5-8(4-2)17-11-9(12(19)20)6-7-10(18-11)13(14,15)16/h2,6-8H,3,5H2,1H3,(H,17,18)(H,19,20). The summed E-state index contributed by atoms with van der Waals surface area (Å²) in [5.41, 5.74) is -1.52. The fourth-order valence-electron chi connectivity index (χ4n) is 1.55. The summed E-state index contributed by atoms with van der Waals surface area (Å²) in [4.78, 5) is 14.3. The minimum absolute atomic E-state index is 0.352. The van der Waals surface area contributed by atoms with Gasteiger partial charge in [-0.05, 0) is 18.6 Å². The molecule has 0 aliphatic heterocycles. The Labute approximate surface area is 114 Å². The predicted octanol–water partition coefficient (Wildman–Crippen LogP) is 3.01. The van der Waals surface area contributed by atoms with Crippen LogP contribution in [0.5, 0.6) is 0 Å². The van der Waals surface area contributed by atoms with Gasteiger partial charge >= 0.3 is 12.1 Å². The molecule has 0 aliphatic rings. The molecule has 0 bridgehead atoms. The van der Waals surface area contributed by atoms with Gasteiger partial charge in [0.15, 0.2) is 0 Å². The van der Waals surface area contributed by atoms with Crippen molar-refractivity contribution in [2.75, 3.05) is 5.32 Å². The lowest BCUT2D eigenvalue weighted by Gasteiger charge is -2.16. The van der Waals surface area contributed by atoms with Gasteiger partial charge in [-0.2, -0.15) is 13.2 Å². The van der Waals surface area contributed by atoms with Crippen molar-refractivity contribution in [3.8, 4) is 12.3 Å². The van der Waals surface area contributed by atoms with Gasteiger partial charge in [-0.3, -0.25) is 0 Å². The topological polar surface area (TPSA) is 62.2 Å². The first-order valence-electron chi connectivity index (χ1n) is 5.83. The summed E-state index contributed by atoms with van der Waals surface area (Å²) >= 11 is 0. The number of alkyl halides is 3. The van der Waals surface area contributed by atoms with Gasteiger partial charge in [-0.1, -0.05) is 19.3 Å². The van der Waals surface area contributed by atoms with Crippen molar-refractivity contribution < 1.29 is 23.1 Å². The number of hydrogen-bond donors (Lipinski definition) is 2. The zero-order valence-corrected chi connectivity index (χ0v) is 10.7. The van der Waals surface area contributed by atoms with Crippen molar-refractivity contribution in [3.05, 3.63) is 23.4 Å². The number of aromatic nitrogens is 1. The van der Waals surface area contributed by atoms with Crippen LogP contribution in [-0.2, 0) is 6.18 Å². The molecule has 0 radical (unpaired) electrons. The summed E-state index contributed by atoms with van der Waals surface area (Å²) in [7, 11) is 0. The molecule has 20 heavy (non-hydrogen) atoms. The molecule has 0 saturated carbocycles. The van der Waals surface area contributed by atoms with Crippen LogP contribution in [0.2, 0.25) is 0 Å². The van der Waals surface area contributed by atoms with Gasteiger partial charge in [0.05, 0.1) is 6.04 Å². The Hall–Kier alpha value is -2.23. The van der Waals surface area contributed by atoms with E-state index >= 15 is 0 Å². The normalized spacial score (nSPS) is 12.6. The summed E-state index contributed by atoms with van der Waals surface area (Å²) < 4.78 is 37.8. The first-order valence-corrected chi connectivity index (χ1v) is 5.83. The van der Waals surface area contributed by atoms with Crippen molar-refractivity contribution in [2.24, 2.45) is 0 Å². The minimum atomic E-state index is -4.65. The Bertz CT molecular complexity index is 535. The van der Waals surface area contributed by atoms with E-state index in [0.29, 0.717) is 18.9 Å². The third-order valence-corrected chi connectivity index (χ3v) is 2.51. The third-order valence-electron chi connectivity index (χ3n) is 2.51. The summed E-state index contributed by atoms with van der Waals surface area (Å²) in [5, 5.41) is 11.5. The van der Waals surface area contributed by atoms with Crippen LogP contribution in [0.3, 0.4) is 0 Å². The summed E-state index contributed by atoms with van der Waals surface area (Å²) in [6.45, 7) is 1.85. The maximum atomic E-state index is 12.6. The van der Waals surface area contributed by atoms with Crippen molar-refractivity contribution in [2.45, 2.75) is 32.0 Å². The van der Waals surface area contributed by atoms with Crippen LogP contribution in [0.25, 0.3) is 0 Å². The highest BCUT2D eigenvalue weighted by Crippen LogP contribution is 2.29. The SMILES string of the molecule is C#CC(CCC)Nc1nc(C(F)(F)F)ccc1C(=O)O. The van der Waals surface area contributed by atoms with Crippen LogP contribution in [0, 0.1) is 12.3 Å². The number of carboxylic acids is 1. The van der Waals surface area contributed by atoms with Crippen molar-refractivity contribution in [1.29, 1.82) is 0 Å². The largest absolute Gasteiger partial charge is 0.478 e. The van der Waals surface area contributed by atoms with E-state index in [0.717, 1.165) is 6.07 Å². The maximum Gasteiger partial charge on any atom is 0.433 e. The Morgan fingerprint density at radius 3 is 2.65 bits per heavy atom. The fourth-order valence-corrected chi connectivity index (χ4v) is 1.55. The maximum absolute atomic E-state index is 12.6. The number of carbonyl (C=O) groups is 1. The van der Waals surface area contributed by atoms with E-state index in [1.165, 1.54) is 0 Å². The molecule has 7 heteroatoms. The summed E-state index contributed by atoms with van der Waals surface area (Å²) in [6.07, 6.45) is 1.79. The third kappa shape index (κ3) is 3.88. The average Bonchev–Trinajstić information content (AvgIpc) is 2.36. The van der Waals surface area contributed by atoms with Gasteiger partial charge in [0.2, 0.25) is 0 Å². The molecule has 0 aliphatic carbocycles. The van der Waals surface area contributed by atoms with Gasteiger partial charge in [0, 0.05) is 0 Å². The molecule has 108 valence electrons. The lowest BCUT2D eigenvalue weighted by Crippen LogP contribution is -2.21. The van der Waals surface area contributed by atoms with E-state index in [2.05, 4.69) is 16.2 Å². The summed E-state index contributed by atoms with van der Waals surface area (Å²) in [5.74, 6) is 0.605. The molecule has 1 rings (SSSR count). The molecule has 2 N–H and O–H groups in total. The average molecular weight is 286 g/mol. The number of nitrogens with one attached hydrogen (secondary N) is 1. The first-order chi connectivity index (χ1) is 9.29. The molecule has 4 nitrogen and oxygen atoms in total. The second-order valence-corrected chi connectivity index (χ2v) is 4.05. The molecule has 1 heterocycles. The highest BCUT2D eigenvalue weighted by atomic mass is 19.4. The molecule has 0 aromatic carbocycles. The Kier molecular flexibility index (Phi) is 4.97. The van der Waals surface area contributed by atoms with Crippen LogP contribution < -0.4 is 5.32 Å². The molecule has 0 spiro atoms. The second kappa shape index (κ2) is 6.28. The predicted molar refractivity (Wildman–Crippen MR) is 67.4 cm³/mol. The number of terminal acetylenes is 1.